The Morgan fingerprint density at radius 2 is 1.88 bits per heavy atom. The van der Waals surface area contributed by atoms with Crippen molar-refractivity contribution < 1.29 is 8.42 Å². The molecule has 0 saturated heterocycles. The summed E-state index contributed by atoms with van der Waals surface area (Å²) < 4.78 is 23.7. The summed E-state index contributed by atoms with van der Waals surface area (Å²) in [6.07, 6.45) is 0.886. The molecule has 0 bridgehead atoms. The van der Waals surface area contributed by atoms with Crippen LogP contribution in [0.25, 0.3) is 0 Å². The van der Waals surface area contributed by atoms with Gasteiger partial charge in [0.25, 0.3) is 0 Å². The third-order valence-corrected chi connectivity index (χ3v) is 4.43. The highest BCUT2D eigenvalue weighted by Crippen LogP contribution is 2.32. The lowest BCUT2D eigenvalue weighted by molar-refractivity contribution is 0.493. The van der Waals surface area contributed by atoms with Gasteiger partial charge in [0.15, 0.2) is 9.84 Å². The number of sulfone groups is 1. The van der Waals surface area contributed by atoms with E-state index in [0.717, 1.165) is 17.4 Å². The fourth-order valence-electron chi connectivity index (χ4n) is 1.55. The maximum atomic E-state index is 11.9. The second-order valence-corrected chi connectivity index (χ2v) is 6.31. The highest BCUT2D eigenvalue weighted by Gasteiger charge is 2.25. The zero-order valence-corrected chi connectivity index (χ0v) is 10.8. The summed E-state index contributed by atoms with van der Waals surface area (Å²) in [7, 11) is -3.36. The van der Waals surface area contributed by atoms with Crippen LogP contribution in [0.4, 0.5) is 0 Å². The Kier molecular flexibility index (Phi) is 3.58. The van der Waals surface area contributed by atoms with Crippen LogP contribution in [-0.4, -0.2) is 8.42 Å². The molecule has 0 atom stereocenters. The standard InChI is InChI=1S/C13H18O2S/c1-5-13(3,4)11-9-7-8-10-12(11)16(14,15)6-2/h6-10H,2,5H2,1,3-4H3. The van der Waals surface area contributed by atoms with E-state index >= 15 is 0 Å². The van der Waals surface area contributed by atoms with Gasteiger partial charge < -0.3 is 0 Å². The maximum absolute atomic E-state index is 11.9. The Hall–Kier alpha value is -1.09. The largest absolute Gasteiger partial charge is 0.219 e. The quantitative estimate of drug-likeness (QED) is 0.806. The molecule has 2 nitrogen and oxygen atoms in total. The molecule has 0 aliphatic carbocycles. The molecule has 0 heterocycles. The van der Waals surface area contributed by atoms with E-state index in [9.17, 15) is 8.42 Å². The molecule has 0 aromatic heterocycles. The van der Waals surface area contributed by atoms with Crippen LogP contribution in [0.5, 0.6) is 0 Å². The SMILES string of the molecule is C=CS(=O)(=O)c1ccccc1C(C)(C)CC. The zero-order chi connectivity index (χ0) is 12.4. The fraction of sp³-hybridized carbons (Fsp3) is 0.385. The molecule has 1 aromatic rings. The summed E-state index contributed by atoms with van der Waals surface area (Å²) in [5.41, 5.74) is 0.713. The molecule has 0 amide bonds. The first-order chi connectivity index (χ1) is 7.35. The summed E-state index contributed by atoms with van der Waals surface area (Å²) >= 11 is 0. The third kappa shape index (κ3) is 2.35. The van der Waals surface area contributed by atoms with Crippen molar-refractivity contribution in [2.75, 3.05) is 0 Å². The van der Waals surface area contributed by atoms with Crippen molar-refractivity contribution in [3.05, 3.63) is 41.8 Å². The Bertz CT molecular complexity index is 484. The van der Waals surface area contributed by atoms with Gasteiger partial charge >= 0.3 is 0 Å². The molecule has 0 N–H and O–H groups in total. The fourth-order valence-corrected chi connectivity index (χ4v) is 2.65. The second kappa shape index (κ2) is 4.42. The van der Waals surface area contributed by atoms with E-state index in [4.69, 9.17) is 0 Å². The molecule has 0 radical (unpaired) electrons. The highest BCUT2D eigenvalue weighted by molar-refractivity contribution is 7.94. The van der Waals surface area contributed by atoms with Gasteiger partial charge in [-0.15, -0.1) is 0 Å². The predicted molar refractivity (Wildman–Crippen MR) is 67.1 cm³/mol. The number of benzene rings is 1. The first kappa shape index (κ1) is 13.0. The van der Waals surface area contributed by atoms with Gasteiger partial charge in [0.05, 0.1) is 4.90 Å². The maximum Gasteiger partial charge on any atom is 0.199 e. The van der Waals surface area contributed by atoms with E-state index < -0.39 is 9.84 Å². The molecule has 1 rings (SSSR count). The zero-order valence-electron chi connectivity index (χ0n) is 10.0. The molecule has 16 heavy (non-hydrogen) atoms. The minimum atomic E-state index is -3.36. The average Bonchev–Trinajstić information content (AvgIpc) is 2.29. The molecular formula is C13H18O2S. The lowest BCUT2D eigenvalue weighted by Gasteiger charge is -2.25. The third-order valence-electron chi connectivity index (χ3n) is 3.03. The normalized spacial score (nSPS) is 12.4. The van der Waals surface area contributed by atoms with Gasteiger partial charge in [-0.3, -0.25) is 0 Å². The van der Waals surface area contributed by atoms with Gasteiger partial charge in [0, 0.05) is 5.41 Å². The number of hydrogen-bond donors (Lipinski definition) is 0. The summed E-state index contributed by atoms with van der Waals surface area (Å²) in [5, 5.41) is 1.01. The lowest BCUT2D eigenvalue weighted by Crippen LogP contribution is -2.19. The van der Waals surface area contributed by atoms with Crippen LogP contribution in [0.1, 0.15) is 32.8 Å². The molecule has 0 aliphatic heterocycles. The average molecular weight is 238 g/mol. The van der Waals surface area contributed by atoms with E-state index in [1.807, 2.05) is 26.0 Å². The van der Waals surface area contributed by atoms with E-state index in [1.165, 1.54) is 0 Å². The first-order valence-corrected chi connectivity index (χ1v) is 6.87. The van der Waals surface area contributed by atoms with E-state index in [1.54, 1.807) is 12.1 Å². The van der Waals surface area contributed by atoms with Crippen LogP contribution < -0.4 is 0 Å². The molecular weight excluding hydrogens is 220 g/mol. The van der Waals surface area contributed by atoms with E-state index in [-0.39, 0.29) is 5.41 Å². The van der Waals surface area contributed by atoms with Crippen molar-refractivity contribution in [3.63, 3.8) is 0 Å². The monoisotopic (exact) mass is 238 g/mol. The number of rotatable bonds is 4. The van der Waals surface area contributed by atoms with Gasteiger partial charge in [0.1, 0.15) is 0 Å². The minimum absolute atomic E-state index is 0.146. The van der Waals surface area contributed by atoms with Crippen molar-refractivity contribution in [2.24, 2.45) is 0 Å². The molecule has 1 aromatic carbocycles. The second-order valence-electron chi connectivity index (χ2n) is 4.45. The van der Waals surface area contributed by atoms with Crippen molar-refractivity contribution in [1.82, 2.24) is 0 Å². The molecule has 0 aliphatic rings. The summed E-state index contributed by atoms with van der Waals surface area (Å²) in [4.78, 5) is 0.372. The van der Waals surface area contributed by atoms with Gasteiger partial charge in [-0.25, -0.2) is 8.42 Å². The van der Waals surface area contributed by atoms with Crippen molar-refractivity contribution in [2.45, 2.75) is 37.5 Å². The molecule has 88 valence electrons. The molecule has 0 spiro atoms. The van der Waals surface area contributed by atoms with Crippen molar-refractivity contribution in [1.29, 1.82) is 0 Å². The summed E-state index contributed by atoms with van der Waals surface area (Å²) in [6, 6.07) is 7.13. The van der Waals surface area contributed by atoms with Crippen LogP contribution in [0.2, 0.25) is 0 Å². The lowest BCUT2D eigenvalue weighted by atomic mass is 9.82. The smallest absolute Gasteiger partial charge is 0.199 e. The van der Waals surface area contributed by atoms with Crippen LogP contribution in [0.3, 0.4) is 0 Å². The Labute approximate surface area is 97.9 Å². The topological polar surface area (TPSA) is 34.1 Å². The van der Waals surface area contributed by atoms with Gasteiger partial charge in [0.2, 0.25) is 0 Å². The Morgan fingerprint density at radius 1 is 1.31 bits per heavy atom. The Morgan fingerprint density at radius 3 is 2.38 bits per heavy atom. The Balaban J connectivity index is 3.49. The summed E-state index contributed by atoms with van der Waals surface area (Å²) in [6.45, 7) is 9.51. The van der Waals surface area contributed by atoms with Crippen LogP contribution in [0.15, 0.2) is 41.1 Å². The predicted octanol–water partition coefficient (Wildman–Crippen LogP) is 3.29. The molecule has 3 heteroatoms. The minimum Gasteiger partial charge on any atom is -0.219 e. The molecule has 0 fully saturated rings. The first-order valence-electron chi connectivity index (χ1n) is 5.32. The van der Waals surface area contributed by atoms with Crippen LogP contribution in [-0.2, 0) is 15.3 Å². The van der Waals surface area contributed by atoms with Gasteiger partial charge in [-0.1, -0.05) is 45.5 Å². The highest BCUT2D eigenvalue weighted by atomic mass is 32.2. The molecule has 0 saturated carbocycles. The van der Waals surface area contributed by atoms with Crippen molar-refractivity contribution >= 4 is 9.84 Å². The van der Waals surface area contributed by atoms with Crippen molar-refractivity contribution in [3.8, 4) is 0 Å². The summed E-state index contributed by atoms with van der Waals surface area (Å²) in [5.74, 6) is 0. The van der Waals surface area contributed by atoms with Gasteiger partial charge in [-0.05, 0) is 23.5 Å². The van der Waals surface area contributed by atoms with E-state index in [0.29, 0.717) is 4.90 Å². The molecule has 0 unspecified atom stereocenters. The van der Waals surface area contributed by atoms with E-state index in [2.05, 4.69) is 13.5 Å². The van der Waals surface area contributed by atoms with Crippen LogP contribution >= 0.6 is 0 Å². The van der Waals surface area contributed by atoms with Gasteiger partial charge in [-0.2, -0.15) is 0 Å². The number of hydrogen-bond acceptors (Lipinski definition) is 2. The van der Waals surface area contributed by atoms with Crippen LogP contribution in [0, 0.1) is 0 Å².